The SMILES string of the molecule is O=C(Nc1ccc(N2CCOCC2)nc1)C1CC(=O)N(C2CCCC2)C1. The van der Waals surface area contributed by atoms with Crippen molar-refractivity contribution in [2.75, 3.05) is 43.1 Å². The van der Waals surface area contributed by atoms with Crippen LogP contribution in [0.4, 0.5) is 11.5 Å². The first-order valence-electron chi connectivity index (χ1n) is 9.60. The molecule has 1 N–H and O–H groups in total. The third-order valence-electron chi connectivity index (χ3n) is 5.65. The lowest BCUT2D eigenvalue weighted by Crippen LogP contribution is -2.36. The molecule has 2 saturated heterocycles. The van der Waals surface area contributed by atoms with Gasteiger partial charge in [0.2, 0.25) is 11.8 Å². The molecule has 1 aliphatic carbocycles. The summed E-state index contributed by atoms with van der Waals surface area (Å²) in [6, 6.07) is 4.14. The van der Waals surface area contributed by atoms with Crippen molar-refractivity contribution in [3.8, 4) is 0 Å². The van der Waals surface area contributed by atoms with Gasteiger partial charge in [0.05, 0.1) is 31.0 Å². The Morgan fingerprint density at radius 2 is 1.96 bits per heavy atom. The molecule has 7 heteroatoms. The molecule has 2 amide bonds. The predicted molar refractivity (Wildman–Crippen MR) is 98.0 cm³/mol. The van der Waals surface area contributed by atoms with Gasteiger partial charge in [-0.1, -0.05) is 12.8 Å². The number of morpholine rings is 1. The maximum atomic E-state index is 12.6. The Balaban J connectivity index is 1.33. The number of nitrogens with one attached hydrogen (secondary N) is 1. The van der Waals surface area contributed by atoms with E-state index in [1.54, 1.807) is 6.20 Å². The van der Waals surface area contributed by atoms with E-state index in [0.717, 1.165) is 31.7 Å². The summed E-state index contributed by atoms with van der Waals surface area (Å²) in [5.41, 5.74) is 0.679. The molecule has 1 unspecified atom stereocenters. The highest BCUT2D eigenvalue weighted by Gasteiger charge is 2.38. The third-order valence-corrected chi connectivity index (χ3v) is 5.65. The number of carbonyl (C=O) groups excluding carboxylic acids is 2. The number of carbonyl (C=O) groups is 2. The van der Waals surface area contributed by atoms with Gasteiger partial charge in [-0.2, -0.15) is 0 Å². The van der Waals surface area contributed by atoms with E-state index in [1.807, 2.05) is 17.0 Å². The predicted octanol–water partition coefficient (Wildman–Crippen LogP) is 1.65. The molecule has 1 aromatic rings. The van der Waals surface area contributed by atoms with Crippen LogP contribution in [-0.4, -0.2) is 60.6 Å². The average Bonchev–Trinajstić information content (AvgIpc) is 3.32. The lowest BCUT2D eigenvalue weighted by Gasteiger charge is -2.27. The second-order valence-electron chi connectivity index (χ2n) is 7.38. The minimum atomic E-state index is -0.262. The fraction of sp³-hybridized carbons (Fsp3) is 0.632. The quantitative estimate of drug-likeness (QED) is 0.886. The zero-order valence-corrected chi connectivity index (χ0v) is 15.0. The Kier molecular flexibility index (Phi) is 5.06. The Morgan fingerprint density at radius 1 is 1.19 bits per heavy atom. The molecule has 7 nitrogen and oxygen atoms in total. The van der Waals surface area contributed by atoms with Crippen LogP contribution in [-0.2, 0) is 14.3 Å². The number of likely N-dealkylation sites (tertiary alicyclic amines) is 1. The lowest BCUT2D eigenvalue weighted by molar-refractivity contribution is -0.129. The van der Waals surface area contributed by atoms with Crippen LogP contribution >= 0.6 is 0 Å². The molecule has 26 heavy (non-hydrogen) atoms. The molecule has 0 aromatic carbocycles. The molecule has 1 aromatic heterocycles. The molecule has 3 fully saturated rings. The number of anilines is 2. The molecule has 0 radical (unpaired) electrons. The summed E-state index contributed by atoms with van der Waals surface area (Å²) >= 11 is 0. The van der Waals surface area contributed by atoms with Crippen LogP contribution in [0.3, 0.4) is 0 Å². The second kappa shape index (κ2) is 7.61. The van der Waals surface area contributed by atoms with Gasteiger partial charge in [0.1, 0.15) is 5.82 Å². The summed E-state index contributed by atoms with van der Waals surface area (Å²) in [4.78, 5) is 33.4. The third kappa shape index (κ3) is 3.67. The highest BCUT2D eigenvalue weighted by atomic mass is 16.5. The van der Waals surface area contributed by atoms with Crippen molar-refractivity contribution in [2.45, 2.75) is 38.1 Å². The molecular formula is C19H26N4O3. The van der Waals surface area contributed by atoms with E-state index in [2.05, 4.69) is 15.2 Å². The number of rotatable bonds is 4. The Labute approximate surface area is 153 Å². The molecule has 1 saturated carbocycles. The Hall–Kier alpha value is -2.15. The number of aromatic nitrogens is 1. The van der Waals surface area contributed by atoms with Crippen LogP contribution in [0.15, 0.2) is 18.3 Å². The van der Waals surface area contributed by atoms with Gasteiger partial charge in [0.15, 0.2) is 0 Å². The molecule has 4 rings (SSSR count). The summed E-state index contributed by atoms with van der Waals surface area (Å²) in [5.74, 6) is 0.675. The summed E-state index contributed by atoms with van der Waals surface area (Å²) in [7, 11) is 0. The van der Waals surface area contributed by atoms with E-state index in [9.17, 15) is 9.59 Å². The maximum absolute atomic E-state index is 12.6. The molecule has 3 heterocycles. The Morgan fingerprint density at radius 3 is 2.65 bits per heavy atom. The standard InChI is InChI=1S/C19H26N4O3/c24-18-11-14(13-23(18)16-3-1-2-4-16)19(25)21-15-5-6-17(20-12-15)22-7-9-26-10-8-22/h5-6,12,14,16H,1-4,7-11,13H2,(H,21,25). The fourth-order valence-electron chi connectivity index (χ4n) is 4.16. The number of hydrogen-bond donors (Lipinski definition) is 1. The molecule has 3 aliphatic rings. The zero-order chi connectivity index (χ0) is 17.9. The number of amides is 2. The van der Waals surface area contributed by atoms with E-state index in [1.165, 1.54) is 12.8 Å². The Bertz CT molecular complexity index is 651. The van der Waals surface area contributed by atoms with Crippen LogP contribution in [0.5, 0.6) is 0 Å². The summed E-state index contributed by atoms with van der Waals surface area (Å²) in [6.07, 6.45) is 6.54. The topological polar surface area (TPSA) is 74.8 Å². The van der Waals surface area contributed by atoms with Gasteiger partial charge in [-0.25, -0.2) is 4.98 Å². The first kappa shape index (κ1) is 17.3. The average molecular weight is 358 g/mol. The number of pyridine rings is 1. The summed E-state index contributed by atoms with van der Waals surface area (Å²) in [6.45, 7) is 3.65. The van der Waals surface area contributed by atoms with Crippen LogP contribution in [0.1, 0.15) is 32.1 Å². The van der Waals surface area contributed by atoms with Crippen molar-refractivity contribution in [1.29, 1.82) is 0 Å². The first-order chi connectivity index (χ1) is 12.7. The zero-order valence-electron chi connectivity index (χ0n) is 15.0. The van der Waals surface area contributed by atoms with Crippen molar-refractivity contribution < 1.29 is 14.3 Å². The van der Waals surface area contributed by atoms with E-state index >= 15 is 0 Å². The van der Waals surface area contributed by atoms with Crippen LogP contribution in [0, 0.1) is 5.92 Å². The van der Waals surface area contributed by atoms with Gasteiger partial charge in [-0.15, -0.1) is 0 Å². The van der Waals surface area contributed by atoms with E-state index in [-0.39, 0.29) is 17.7 Å². The van der Waals surface area contributed by atoms with Gasteiger partial charge in [0.25, 0.3) is 0 Å². The molecule has 140 valence electrons. The highest BCUT2D eigenvalue weighted by Crippen LogP contribution is 2.30. The molecule has 0 spiro atoms. The molecule has 2 aliphatic heterocycles. The number of nitrogens with zero attached hydrogens (tertiary/aromatic N) is 3. The molecular weight excluding hydrogens is 332 g/mol. The molecule has 0 bridgehead atoms. The monoisotopic (exact) mass is 358 g/mol. The number of ether oxygens (including phenoxy) is 1. The van der Waals surface area contributed by atoms with Gasteiger partial charge in [-0.05, 0) is 25.0 Å². The van der Waals surface area contributed by atoms with Crippen molar-refractivity contribution >= 4 is 23.3 Å². The van der Waals surface area contributed by atoms with Crippen LogP contribution in [0.25, 0.3) is 0 Å². The van der Waals surface area contributed by atoms with Gasteiger partial charge in [-0.3, -0.25) is 9.59 Å². The maximum Gasteiger partial charge on any atom is 0.229 e. The fourth-order valence-corrected chi connectivity index (χ4v) is 4.16. The van der Waals surface area contributed by atoms with E-state index in [4.69, 9.17) is 4.74 Å². The lowest BCUT2D eigenvalue weighted by atomic mass is 10.1. The largest absolute Gasteiger partial charge is 0.378 e. The normalized spacial score (nSPS) is 24.3. The summed E-state index contributed by atoms with van der Waals surface area (Å²) in [5, 5.41) is 2.92. The second-order valence-corrected chi connectivity index (χ2v) is 7.38. The minimum Gasteiger partial charge on any atom is -0.378 e. The van der Waals surface area contributed by atoms with Crippen LogP contribution < -0.4 is 10.2 Å². The smallest absolute Gasteiger partial charge is 0.229 e. The van der Waals surface area contributed by atoms with Gasteiger partial charge < -0.3 is 19.9 Å². The van der Waals surface area contributed by atoms with E-state index < -0.39 is 0 Å². The van der Waals surface area contributed by atoms with Crippen LogP contribution in [0.2, 0.25) is 0 Å². The van der Waals surface area contributed by atoms with Crippen molar-refractivity contribution in [1.82, 2.24) is 9.88 Å². The van der Waals surface area contributed by atoms with Crippen molar-refractivity contribution in [2.24, 2.45) is 5.92 Å². The van der Waals surface area contributed by atoms with Crippen molar-refractivity contribution in [3.63, 3.8) is 0 Å². The highest BCUT2D eigenvalue weighted by molar-refractivity contribution is 5.97. The van der Waals surface area contributed by atoms with Gasteiger partial charge in [0, 0.05) is 32.1 Å². The number of hydrogen-bond acceptors (Lipinski definition) is 5. The van der Waals surface area contributed by atoms with E-state index in [0.29, 0.717) is 37.9 Å². The minimum absolute atomic E-state index is 0.0835. The molecule has 1 atom stereocenters. The first-order valence-corrected chi connectivity index (χ1v) is 9.60. The van der Waals surface area contributed by atoms with Gasteiger partial charge >= 0.3 is 0 Å². The van der Waals surface area contributed by atoms with Crippen molar-refractivity contribution in [3.05, 3.63) is 18.3 Å². The summed E-state index contributed by atoms with van der Waals surface area (Å²) < 4.78 is 5.35.